The molecule has 0 aliphatic heterocycles. The van der Waals surface area contributed by atoms with Crippen LogP contribution in [0.3, 0.4) is 0 Å². The van der Waals surface area contributed by atoms with E-state index in [-0.39, 0.29) is 5.97 Å². The average molecular weight is 346 g/mol. The molecule has 25 heavy (non-hydrogen) atoms. The molecule has 2 rings (SSSR count). The van der Waals surface area contributed by atoms with E-state index in [1.807, 2.05) is 56.5 Å². The van der Waals surface area contributed by atoms with Gasteiger partial charge in [0.1, 0.15) is 11.3 Å². The molecule has 0 atom stereocenters. The van der Waals surface area contributed by atoms with Gasteiger partial charge in [0.25, 0.3) is 0 Å². The Labute approximate surface area is 148 Å². The first-order valence-corrected chi connectivity index (χ1v) is 8.45. The van der Waals surface area contributed by atoms with Crippen molar-refractivity contribution >= 4 is 23.0 Å². The molecule has 0 radical (unpaired) electrons. The van der Waals surface area contributed by atoms with Gasteiger partial charge in [-0.25, -0.2) is 9.59 Å². The smallest absolute Gasteiger partial charge is 0.407 e. The fourth-order valence-electron chi connectivity index (χ4n) is 2.70. The molecule has 0 unspecified atom stereocenters. The molecule has 1 N–H and O–H groups in total. The number of amides is 1. The van der Waals surface area contributed by atoms with Crippen molar-refractivity contribution in [3.63, 3.8) is 0 Å². The maximum Gasteiger partial charge on any atom is 0.407 e. The van der Waals surface area contributed by atoms with E-state index in [1.165, 1.54) is 0 Å². The van der Waals surface area contributed by atoms with Crippen LogP contribution in [0, 0.1) is 6.92 Å². The lowest BCUT2D eigenvalue weighted by molar-refractivity contribution is 0.0514. The zero-order valence-electron chi connectivity index (χ0n) is 15.5. The molecule has 0 aliphatic rings. The summed E-state index contributed by atoms with van der Waals surface area (Å²) in [6.07, 6.45) is -0.474. The van der Waals surface area contributed by atoms with Gasteiger partial charge < -0.3 is 19.4 Å². The van der Waals surface area contributed by atoms with Gasteiger partial charge in [0, 0.05) is 18.5 Å². The van der Waals surface area contributed by atoms with E-state index in [1.54, 1.807) is 6.92 Å². The molecule has 0 aliphatic carbocycles. The molecule has 6 nitrogen and oxygen atoms in total. The second kappa shape index (κ2) is 7.59. The van der Waals surface area contributed by atoms with Crippen LogP contribution in [-0.4, -0.2) is 35.4 Å². The van der Waals surface area contributed by atoms with Gasteiger partial charge in [-0.2, -0.15) is 0 Å². The van der Waals surface area contributed by atoms with Gasteiger partial charge in [0.05, 0.1) is 12.1 Å². The third kappa shape index (κ3) is 4.75. The number of alkyl carbamates (subject to hydrolysis) is 1. The molecule has 1 aromatic heterocycles. The molecular formula is C19H26N2O4. The number of aromatic nitrogens is 1. The average Bonchev–Trinajstić information content (AvgIpc) is 2.86. The van der Waals surface area contributed by atoms with Crippen LogP contribution in [0.15, 0.2) is 24.3 Å². The summed E-state index contributed by atoms with van der Waals surface area (Å²) in [6.45, 7) is 10.3. The normalized spacial score (nSPS) is 11.4. The number of hydrogen-bond donors (Lipinski definition) is 1. The van der Waals surface area contributed by atoms with E-state index in [2.05, 4.69) is 5.32 Å². The van der Waals surface area contributed by atoms with Gasteiger partial charge >= 0.3 is 12.1 Å². The van der Waals surface area contributed by atoms with Crippen LogP contribution in [-0.2, 0) is 16.0 Å². The molecule has 0 saturated heterocycles. The Hall–Kier alpha value is -2.50. The summed E-state index contributed by atoms with van der Waals surface area (Å²) >= 11 is 0. The molecule has 1 aromatic carbocycles. The van der Waals surface area contributed by atoms with Crippen LogP contribution in [0.4, 0.5) is 4.79 Å². The highest BCUT2D eigenvalue weighted by Gasteiger charge is 2.19. The SMILES string of the molecule is CCOC(=O)c1cc2cccc(C)c2n1CCNC(=O)OC(C)(C)C. The maximum atomic E-state index is 12.3. The zero-order valence-corrected chi connectivity index (χ0v) is 15.5. The van der Waals surface area contributed by atoms with Gasteiger partial charge in [-0.05, 0) is 46.2 Å². The molecule has 1 amide bonds. The van der Waals surface area contributed by atoms with E-state index >= 15 is 0 Å². The van der Waals surface area contributed by atoms with Gasteiger partial charge in [0.2, 0.25) is 0 Å². The summed E-state index contributed by atoms with van der Waals surface area (Å²) in [6, 6.07) is 7.74. The van der Waals surface area contributed by atoms with Crippen molar-refractivity contribution in [3.05, 3.63) is 35.5 Å². The minimum Gasteiger partial charge on any atom is -0.461 e. The topological polar surface area (TPSA) is 69.6 Å². The molecule has 2 aromatic rings. The minimum absolute atomic E-state index is 0.315. The minimum atomic E-state index is -0.545. The van der Waals surface area contributed by atoms with Gasteiger partial charge in [0.15, 0.2) is 0 Å². The third-order valence-corrected chi connectivity index (χ3v) is 3.61. The first kappa shape index (κ1) is 18.8. The van der Waals surface area contributed by atoms with Gasteiger partial charge in [-0.3, -0.25) is 0 Å². The van der Waals surface area contributed by atoms with Crippen molar-refractivity contribution < 1.29 is 19.1 Å². The van der Waals surface area contributed by atoms with Crippen molar-refractivity contribution in [1.29, 1.82) is 0 Å². The number of nitrogens with one attached hydrogen (secondary N) is 1. The molecular weight excluding hydrogens is 320 g/mol. The molecule has 0 saturated carbocycles. The third-order valence-electron chi connectivity index (χ3n) is 3.61. The van der Waals surface area contributed by atoms with Crippen molar-refractivity contribution in [2.45, 2.75) is 46.8 Å². The first-order chi connectivity index (χ1) is 11.7. The lowest BCUT2D eigenvalue weighted by Crippen LogP contribution is -2.34. The Balaban J connectivity index is 2.22. The number of carbonyl (C=O) groups is 2. The fourth-order valence-corrected chi connectivity index (χ4v) is 2.70. The molecule has 136 valence electrons. The number of rotatable bonds is 5. The van der Waals surface area contributed by atoms with Crippen LogP contribution in [0.1, 0.15) is 43.7 Å². The summed E-state index contributed by atoms with van der Waals surface area (Å²) in [4.78, 5) is 24.1. The molecule has 1 heterocycles. The number of ether oxygens (including phenoxy) is 2. The second-order valence-electron chi connectivity index (χ2n) is 6.84. The number of carbonyl (C=O) groups excluding carboxylic acids is 2. The molecule has 0 fully saturated rings. The highest BCUT2D eigenvalue weighted by molar-refractivity contribution is 5.96. The molecule has 0 spiro atoms. The van der Waals surface area contributed by atoms with Crippen molar-refractivity contribution in [3.8, 4) is 0 Å². The van der Waals surface area contributed by atoms with E-state index in [4.69, 9.17) is 9.47 Å². The number of fused-ring (bicyclic) bond motifs is 1. The Morgan fingerprint density at radius 1 is 1.24 bits per heavy atom. The van der Waals surface area contributed by atoms with E-state index in [0.29, 0.717) is 25.4 Å². The Morgan fingerprint density at radius 3 is 2.60 bits per heavy atom. The van der Waals surface area contributed by atoms with E-state index < -0.39 is 11.7 Å². The van der Waals surface area contributed by atoms with Crippen molar-refractivity contribution in [2.75, 3.05) is 13.2 Å². The quantitative estimate of drug-likeness (QED) is 0.839. The monoisotopic (exact) mass is 346 g/mol. The van der Waals surface area contributed by atoms with Crippen LogP contribution < -0.4 is 5.32 Å². The lowest BCUT2D eigenvalue weighted by atomic mass is 10.2. The number of para-hydroxylation sites is 1. The highest BCUT2D eigenvalue weighted by Crippen LogP contribution is 2.23. The van der Waals surface area contributed by atoms with Crippen LogP contribution in [0.2, 0.25) is 0 Å². The summed E-state index contributed by atoms with van der Waals surface area (Å²) in [7, 11) is 0. The van der Waals surface area contributed by atoms with Crippen molar-refractivity contribution in [2.24, 2.45) is 0 Å². The number of esters is 1. The standard InChI is InChI=1S/C19H26N2O4/c1-6-24-17(22)15-12-14-9-7-8-13(2)16(14)21(15)11-10-20-18(23)25-19(3,4)5/h7-9,12H,6,10-11H2,1-5H3,(H,20,23). The van der Waals surface area contributed by atoms with Gasteiger partial charge in [-0.1, -0.05) is 18.2 Å². The zero-order chi connectivity index (χ0) is 18.6. The summed E-state index contributed by atoms with van der Waals surface area (Å²) in [5.74, 6) is -0.365. The lowest BCUT2D eigenvalue weighted by Gasteiger charge is -2.20. The number of benzene rings is 1. The van der Waals surface area contributed by atoms with E-state index in [0.717, 1.165) is 16.5 Å². The fraction of sp³-hybridized carbons (Fsp3) is 0.474. The number of hydrogen-bond acceptors (Lipinski definition) is 4. The largest absolute Gasteiger partial charge is 0.461 e. The van der Waals surface area contributed by atoms with Crippen LogP contribution >= 0.6 is 0 Å². The Morgan fingerprint density at radius 2 is 1.96 bits per heavy atom. The van der Waals surface area contributed by atoms with Crippen molar-refractivity contribution in [1.82, 2.24) is 9.88 Å². The van der Waals surface area contributed by atoms with E-state index in [9.17, 15) is 9.59 Å². The summed E-state index contributed by atoms with van der Waals surface area (Å²) in [5, 5.41) is 3.70. The molecule has 6 heteroatoms. The van der Waals surface area contributed by atoms with Crippen LogP contribution in [0.5, 0.6) is 0 Å². The Bertz CT molecular complexity index is 772. The highest BCUT2D eigenvalue weighted by atomic mass is 16.6. The second-order valence-corrected chi connectivity index (χ2v) is 6.84. The maximum absolute atomic E-state index is 12.3. The number of nitrogens with zero attached hydrogens (tertiary/aromatic N) is 1. The predicted molar refractivity (Wildman–Crippen MR) is 96.9 cm³/mol. The summed E-state index contributed by atoms with van der Waals surface area (Å²) < 4.78 is 12.3. The predicted octanol–water partition coefficient (Wildman–Crippen LogP) is 3.65. The Kier molecular flexibility index (Phi) is 5.72. The summed E-state index contributed by atoms with van der Waals surface area (Å²) in [5.41, 5.74) is 1.97. The van der Waals surface area contributed by atoms with Crippen LogP contribution in [0.25, 0.3) is 10.9 Å². The molecule has 0 bridgehead atoms. The first-order valence-electron chi connectivity index (χ1n) is 8.45. The van der Waals surface area contributed by atoms with Gasteiger partial charge in [-0.15, -0.1) is 0 Å². The number of aryl methyl sites for hydroxylation is 1.